The van der Waals surface area contributed by atoms with Crippen LogP contribution in [0.15, 0.2) is 24.3 Å². The van der Waals surface area contributed by atoms with Crippen molar-refractivity contribution >= 4 is 23.5 Å². The molecule has 10 heteroatoms. The van der Waals surface area contributed by atoms with E-state index in [-0.39, 0.29) is 37.6 Å². The highest BCUT2D eigenvalue weighted by Gasteiger charge is 2.37. The average molecular weight is 393 g/mol. The van der Waals surface area contributed by atoms with E-state index in [0.717, 1.165) is 0 Å². The van der Waals surface area contributed by atoms with Crippen LogP contribution in [0.2, 0.25) is 0 Å². The van der Waals surface area contributed by atoms with Crippen LogP contribution in [-0.2, 0) is 19.1 Å². The Labute approximate surface area is 161 Å². The monoisotopic (exact) mass is 393 g/mol. The lowest BCUT2D eigenvalue weighted by atomic mass is 10.1. The lowest BCUT2D eigenvalue weighted by Gasteiger charge is -2.35. The Bertz CT molecular complexity index is 752. The molecule has 1 saturated heterocycles. The number of hydrogen-bond acceptors (Lipinski definition) is 7. The first-order chi connectivity index (χ1) is 13.3. The maximum absolute atomic E-state index is 12.8. The minimum absolute atomic E-state index is 0.0475. The van der Waals surface area contributed by atoms with Crippen molar-refractivity contribution in [3.8, 4) is 5.75 Å². The number of piperazine rings is 1. The third-order valence-electron chi connectivity index (χ3n) is 4.15. The van der Waals surface area contributed by atoms with Gasteiger partial charge in [-0.25, -0.2) is 0 Å². The average Bonchev–Trinajstić information content (AvgIpc) is 2.67. The van der Waals surface area contributed by atoms with E-state index in [2.05, 4.69) is 5.32 Å². The molecule has 1 aromatic rings. The maximum atomic E-state index is 12.8. The standard InChI is InChI=1S/C18H23N3O7/c1-3-10-27-16(22)11-14-17(23)19-8-9-20(14)18(24)12(2)28-15-7-5-4-6-13(15)21(25)26/h4-7,12,14H,3,8-11H2,1-2H3,(H,19,23)/t12-,14-/m0/s1. The quantitative estimate of drug-likeness (QED) is 0.397. The number of rotatable bonds is 8. The largest absolute Gasteiger partial charge is 0.474 e. The van der Waals surface area contributed by atoms with E-state index in [1.807, 2.05) is 6.92 Å². The van der Waals surface area contributed by atoms with Gasteiger partial charge in [-0.3, -0.25) is 24.5 Å². The minimum atomic E-state index is -1.08. The number of nitrogens with one attached hydrogen (secondary N) is 1. The molecule has 2 atom stereocenters. The highest BCUT2D eigenvalue weighted by Crippen LogP contribution is 2.27. The molecule has 1 aromatic carbocycles. The SMILES string of the molecule is CCCOC(=O)C[C@H]1C(=O)NCCN1C(=O)[C@H](C)Oc1ccccc1[N+](=O)[O-]. The molecule has 0 spiro atoms. The summed E-state index contributed by atoms with van der Waals surface area (Å²) in [7, 11) is 0. The highest BCUT2D eigenvalue weighted by molar-refractivity contribution is 5.93. The lowest BCUT2D eigenvalue weighted by Crippen LogP contribution is -2.60. The summed E-state index contributed by atoms with van der Waals surface area (Å²) in [5.41, 5.74) is -0.266. The van der Waals surface area contributed by atoms with Gasteiger partial charge in [0.05, 0.1) is 18.0 Å². The van der Waals surface area contributed by atoms with Crippen molar-refractivity contribution < 1.29 is 28.8 Å². The van der Waals surface area contributed by atoms with Gasteiger partial charge < -0.3 is 19.7 Å². The number of carbonyl (C=O) groups is 3. The van der Waals surface area contributed by atoms with Crippen molar-refractivity contribution in [1.29, 1.82) is 0 Å². The fourth-order valence-corrected chi connectivity index (χ4v) is 2.80. The number of amides is 2. The van der Waals surface area contributed by atoms with Gasteiger partial charge in [0.2, 0.25) is 5.91 Å². The number of nitro groups is 1. The van der Waals surface area contributed by atoms with Crippen molar-refractivity contribution in [3.63, 3.8) is 0 Å². The molecule has 1 N–H and O–H groups in total. The third kappa shape index (κ3) is 5.18. The Kier molecular flexibility index (Phi) is 7.30. The van der Waals surface area contributed by atoms with Gasteiger partial charge in [-0.15, -0.1) is 0 Å². The third-order valence-corrected chi connectivity index (χ3v) is 4.15. The Hall–Kier alpha value is -3.17. The molecule has 152 valence electrons. The number of nitrogens with zero attached hydrogens (tertiary/aromatic N) is 2. The smallest absolute Gasteiger partial charge is 0.310 e. The zero-order valence-corrected chi connectivity index (χ0v) is 15.8. The zero-order chi connectivity index (χ0) is 20.7. The van der Waals surface area contributed by atoms with Crippen molar-refractivity contribution in [2.45, 2.75) is 38.8 Å². The summed E-state index contributed by atoms with van der Waals surface area (Å²) in [6, 6.07) is 4.70. The molecule has 0 aromatic heterocycles. The predicted octanol–water partition coefficient (Wildman–Crippen LogP) is 1.03. The fraction of sp³-hybridized carbons (Fsp3) is 0.500. The van der Waals surface area contributed by atoms with E-state index in [1.54, 1.807) is 6.07 Å². The van der Waals surface area contributed by atoms with Crippen molar-refractivity contribution in [1.82, 2.24) is 10.2 Å². The zero-order valence-electron chi connectivity index (χ0n) is 15.8. The van der Waals surface area contributed by atoms with Crippen LogP contribution in [0.25, 0.3) is 0 Å². The predicted molar refractivity (Wildman–Crippen MR) is 97.6 cm³/mol. The number of ether oxygens (including phenoxy) is 2. The molecule has 0 aliphatic carbocycles. The first-order valence-electron chi connectivity index (χ1n) is 8.99. The van der Waals surface area contributed by atoms with E-state index in [4.69, 9.17) is 9.47 Å². The molecule has 0 bridgehead atoms. The molecule has 0 radical (unpaired) electrons. The maximum Gasteiger partial charge on any atom is 0.310 e. The molecule has 1 heterocycles. The van der Waals surface area contributed by atoms with Gasteiger partial charge >= 0.3 is 11.7 Å². The van der Waals surface area contributed by atoms with Crippen LogP contribution in [0.1, 0.15) is 26.7 Å². The summed E-state index contributed by atoms with van der Waals surface area (Å²) in [6.45, 7) is 3.96. The molecular weight excluding hydrogens is 370 g/mol. The van der Waals surface area contributed by atoms with Gasteiger partial charge in [0.1, 0.15) is 6.04 Å². The minimum Gasteiger partial charge on any atom is -0.474 e. The normalized spacial score (nSPS) is 17.4. The lowest BCUT2D eigenvalue weighted by molar-refractivity contribution is -0.386. The topological polar surface area (TPSA) is 128 Å². The van der Waals surface area contributed by atoms with Crippen molar-refractivity contribution in [2.75, 3.05) is 19.7 Å². The Morgan fingerprint density at radius 2 is 2.11 bits per heavy atom. The fourth-order valence-electron chi connectivity index (χ4n) is 2.80. The number of para-hydroxylation sites is 2. The molecule has 1 aliphatic heterocycles. The Morgan fingerprint density at radius 3 is 2.79 bits per heavy atom. The number of benzene rings is 1. The van der Waals surface area contributed by atoms with E-state index in [9.17, 15) is 24.5 Å². The second kappa shape index (κ2) is 9.67. The van der Waals surface area contributed by atoms with Crippen molar-refractivity contribution in [3.05, 3.63) is 34.4 Å². The first kappa shape index (κ1) is 21.1. The molecule has 1 fully saturated rings. The molecule has 2 amide bonds. The van der Waals surface area contributed by atoms with Crippen LogP contribution >= 0.6 is 0 Å². The second-order valence-corrected chi connectivity index (χ2v) is 6.25. The van der Waals surface area contributed by atoms with Gasteiger partial charge in [-0.05, 0) is 19.4 Å². The highest BCUT2D eigenvalue weighted by atomic mass is 16.6. The summed E-state index contributed by atoms with van der Waals surface area (Å²) in [6.07, 6.45) is -0.706. The van der Waals surface area contributed by atoms with Crippen LogP contribution in [0.3, 0.4) is 0 Å². The second-order valence-electron chi connectivity index (χ2n) is 6.25. The first-order valence-corrected chi connectivity index (χ1v) is 8.99. The van der Waals surface area contributed by atoms with Gasteiger partial charge in [0.25, 0.3) is 5.91 Å². The van der Waals surface area contributed by atoms with E-state index in [1.165, 1.54) is 30.0 Å². The van der Waals surface area contributed by atoms with Gasteiger partial charge in [-0.2, -0.15) is 0 Å². The van der Waals surface area contributed by atoms with E-state index >= 15 is 0 Å². The molecule has 1 aliphatic rings. The van der Waals surface area contributed by atoms with Gasteiger partial charge in [0, 0.05) is 19.2 Å². The molecule has 28 heavy (non-hydrogen) atoms. The van der Waals surface area contributed by atoms with Crippen LogP contribution in [0, 0.1) is 10.1 Å². The Morgan fingerprint density at radius 1 is 1.39 bits per heavy atom. The molecular formula is C18H23N3O7. The Balaban J connectivity index is 2.12. The number of carbonyl (C=O) groups excluding carboxylic acids is 3. The van der Waals surface area contributed by atoms with Crippen LogP contribution in [0.5, 0.6) is 5.75 Å². The number of hydrogen-bond donors (Lipinski definition) is 1. The van der Waals surface area contributed by atoms with Crippen LogP contribution in [-0.4, -0.2) is 59.4 Å². The molecule has 10 nitrogen and oxygen atoms in total. The van der Waals surface area contributed by atoms with Gasteiger partial charge in [0.15, 0.2) is 11.9 Å². The number of esters is 1. The summed E-state index contributed by atoms with van der Waals surface area (Å²) >= 11 is 0. The van der Waals surface area contributed by atoms with E-state index < -0.39 is 34.9 Å². The van der Waals surface area contributed by atoms with E-state index in [0.29, 0.717) is 6.42 Å². The van der Waals surface area contributed by atoms with Crippen LogP contribution in [0.4, 0.5) is 5.69 Å². The molecule has 0 saturated carbocycles. The summed E-state index contributed by atoms with van der Waals surface area (Å²) in [5.74, 6) is -1.62. The summed E-state index contributed by atoms with van der Waals surface area (Å²) in [5, 5.41) is 13.7. The summed E-state index contributed by atoms with van der Waals surface area (Å²) < 4.78 is 10.5. The van der Waals surface area contributed by atoms with Gasteiger partial charge in [-0.1, -0.05) is 19.1 Å². The molecule has 0 unspecified atom stereocenters. The summed E-state index contributed by atoms with van der Waals surface area (Å²) in [4.78, 5) is 48.7. The molecule has 2 rings (SSSR count). The van der Waals surface area contributed by atoms with Crippen LogP contribution < -0.4 is 10.1 Å². The number of nitro benzene ring substituents is 1. The van der Waals surface area contributed by atoms with Crippen molar-refractivity contribution in [2.24, 2.45) is 0 Å².